The summed E-state index contributed by atoms with van der Waals surface area (Å²) in [6.07, 6.45) is 14.1. The maximum absolute atomic E-state index is 14.4. The Kier molecular flexibility index (Phi) is 21.2. The molecule has 0 aromatic carbocycles. The predicted octanol–water partition coefficient (Wildman–Crippen LogP) is 7.22. The number of anilines is 1. The first-order valence-corrected chi connectivity index (χ1v) is 26.0. The highest BCUT2D eigenvalue weighted by molar-refractivity contribution is 7.08. The number of ether oxygens (including phenoxy) is 4. The number of esters is 1. The van der Waals surface area contributed by atoms with Crippen LogP contribution in [-0.4, -0.2) is 125 Å². The molecule has 68 heavy (non-hydrogen) atoms. The summed E-state index contributed by atoms with van der Waals surface area (Å²) in [6.45, 7) is 11.5. The quantitative estimate of drug-likeness (QED) is 0.104. The first kappa shape index (κ1) is 55.4. The molecule has 1 aliphatic carbocycles. The van der Waals surface area contributed by atoms with Crippen molar-refractivity contribution in [3.8, 4) is 0 Å². The van der Waals surface area contributed by atoms with Gasteiger partial charge in [-0.1, -0.05) is 69.7 Å². The van der Waals surface area contributed by atoms with Gasteiger partial charge in [-0.25, -0.2) is 4.79 Å². The average molecular weight is 968 g/mol. The number of nitrogens with two attached hydrogens (primary N) is 1. The zero-order valence-corrected chi connectivity index (χ0v) is 42.5. The average Bonchev–Trinajstić information content (AvgIpc) is 3.84. The largest absolute Gasteiger partial charge is 0.461 e. The van der Waals surface area contributed by atoms with Crippen LogP contribution in [-0.2, 0) is 38.1 Å². The molecule has 15 atom stereocenters. The Bertz CT molecular complexity index is 1940. The highest BCUT2D eigenvalue weighted by Crippen LogP contribution is 2.38. The van der Waals surface area contributed by atoms with E-state index in [1.54, 1.807) is 38.4 Å². The van der Waals surface area contributed by atoms with Gasteiger partial charge in [0.1, 0.15) is 24.4 Å². The van der Waals surface area contributed by atoms with Crippen molar-refractivity contribution in [3.63, 3.8) is 0 Å². The van der Waals surface area contributed by atoms with Crippen LogP contribution in [0.1, 0.15) is 125 Å². The minimum absolute atomic E-state index is 0.0444. The summed E-state index contributed by atoms with van der Waals surface area (Å²) in [5, 5.41) is 41.7. The smallest absolute Gasteiger partial charge is 0.329 e. The number of methoxy groups -OCH3 is 2. The first-order valence-electron chi connectivity index (χ1n) is 25.0. The fourth-order valence-electron chi connectivity index (χ4n) is 10.6. The molecule has 6 N–H and O–H groups in total. The van der Waals surface area contributed by atoms with E-state index in [4.69, 9.17) is 24.7 Å². The number of ketones is 2. The van der Waals surface area contributed by atoms with Gasteiger partial charge in [0.05, 0.1) is 18.3 Å². The number of rotatable bonds is 7. The van der Waals surface area contributed by atoms with Crippen LogP contribution < -0.4 is 11.1 Å². The van der Waals surface area contributed by atoms with Gasteiger partial charge in [-0.2, -0.15) is 11.3 Å². The van der Waals surface area contributed by atoms with E-state index < -0.39 is 77.9 Å². The topological polar surface area (TPSA) is 207 Å². The van der Waals surface area contributed by atoms with Crippen LogP contribution in [0.15, 0.2) is 64.4 Å². The molecule has 1 aromatic heterocycles. The SMILES string of the molecule is CO[C@@H]1C[C@H](C[C@@H](C)[C@@H]2CC[C@H](N)/C=C(\C)[C@@H](O)[C@@H](OC)C(=O)[C@H](C)C[C@H](C)/C=C/C=C/C=C(\C)[C@@H](Nc3ccsc3)CC3CCC(C)[C@@](O)(O3)C(=O)C(=O)N3CCCC[C@H]3C(=O)O2)CC[C@H]1O. The molecule has 0 radical (unpaired) electrons. The van der Waals surface area contributed by atoms with Crippen LogP contribution in [0.3, 0.4) is 0 Å². The van der Waals surface area contributed by atoms with Gasteiger partial charge in [-0.05, 0) is 132 Å². The van der Waals surface area contributed by atoms with E-state index >= 15 is 0 Å². The van der Waals surface area contributed by atoms with E-state index in [2.05, 4.69) is 5.32 Å². The number of fused-ring (bicyclic) bond motifs is 3. The number of aliphatic hydroxyl groups is 3. The summed E-state index contributed by atoms with van der Waals surface area (Å²) >= 11 is 1.56. The van der Waals surface area contributed by atoms with Gasteiger partial charge in [-0.15, -0.1) is 0 Å². The van der Waals surface area contributed by atoms with Crippen LogP contribution in [0, 0.1) is 29.6 Å². The molecule has 4 heterocycles. The number of carbonyl (C=O) groups excluding carboxylic acids is 4. The van der Waals surface area contributed by atoms with Crippen molar-refractivity contribution >= 4 is 40.5 Å². The van der Waals surface area contributed by atoms with E-state index in [1.807, 2.05) is 74.9 Å². The van der Waals surface area contributed by atoms with Gasteiger partial charge in [0.15, 0.2) is 5.78 Å². The number of allylic oxidation sites excluding steroid dienone is 5. The number of hydrogen-bond acceptors (Lipinski definition) is 14. The summed E-state index contributed by atoms with van der Waals surface area (Å²) in [4.78, 5) is 58.2. The number of amides is 1. The van der Waals surface area contributed by atoms with Gasteiger partial charge in [0.25, 0.3) is 11.7 Å². The zero-order valence-electron chi connectivity index (χ0n) is 41.7. The minimum Gasteiger partial charge on any atom is -0.461 e. The third-order valence-corrected chi connectivity index (χ3v) is 15.6. The number of piperidine rings is 1. The number of aliphatic hydroxyl groups excluding tert-OH is 2. The van der Waals surface area contributed by atoms with E-state index in [9.17, 15) is 34.5 Å². The molecule has 15 heteroatoms. The molecular formula is C53H81N3O11S. The molecule has 0 spiro atoms. The second-order valence-electron chi connectivity index (χ2n) is 20.4. The number of hydrogen-bond donors (Lipinski definition) is 5. The van der Waals surface area contributed by atoms with Crippen molar-refractivity contribution in [3.05, 3.63) is 64.4 Å². The molecule has 2 unspecified atom stereocenters. The molecule has 1 aromatic rings. The molecule has 4 aliphatic rings. The summed E-state index contributed by atoms with van der Waals surface area (Å²) in [5.41, 5.74) is 9.09. The molecule has 380 valence electrons. The fraction of sp³-hybridized carbons (Fsp3) is 0.698. The maximum atomic E-state index is 14.4. The summed E-state index contributed by atoms with van der Waals surface area (Å²) in [6, 6.07) is 0.111. The van der Waals surface area contributed by atoms with Crippen molar-refractivity contribution in [2.75, 3.05) is 26.1 Å². The lowest BCUT2D eigenvalue weighted by Gasteiger charge is -2.43. The Morgan fingerprint density at radius 2 is 1.69 bits per heavy atom. The highest BCUT2D eigenvalue weighted by Gasteiger charge is 2.53. The third-order valence-electron chi connectivity index (χ3n) is 15.0. The number of Topliss-reactive ketones (excluding diaryl/α,β-unsaturated/α-hetero) is 2. The summed E-state index contributed by atoms with van der Waals surface area (Å²) in [7, 11) is 3.02. The minimum atomic E-state index is -2.40. The Morgan fingerprint density at radius 3 is 2.40 bits per heavy atom. The molecule has 3 aliphatic heterocycles. The third kappa shape index (κ3) is 14.8. The normalized spacial score (nSPS) is 39.1. The van der Waals surface area contributed by atoms with Gasteiger partial charge >= 0.3 is 5.97 Å². The van der Waals surface area contributed by atoms with E-state index in [-0.39, 0.29) is 48.6 Å². The van der Waals surface area contributed by atoms with Crippen LogP contribution >= 0.6 is 11.3 Å². The number of nitrogens with one attached hydrogen (secondary N) is 1. The van der Waals surface area contributed by atoms with Crippen LogP contribution in [0.2, 0.25) is 0 Å². The van der Waals surface area contributed by atoms with Crippen LogP contribution in [0.25, 0.3) is 0 Å². The van der Waals surface area contributed by atoms with E-state index in [1.165, 1.54) is 12.0 Å². The lowest BCUT2D eigenvalue weighted by molar-refractivity contribution is -0.263. The second kappa shape index (κ2) is 26.1. The van der Waals surface area contributed by atoms with E-state index in [0.29, 0.717) is 76.2 Å². The summed E-state index contributed by atoms with van der Waals surface area (Å²) in [5.74, 6) is -6.29. The van der Waals surface area contributed by atoms with Crippen molar-refractivity contribution < 1.29 is 53.4 Å². The second-order valence-corrected chi connectivity index (χ2v) is 21.1. The Balaban J connectivity index is 1.46. The van der Waals surface area contributed by atoms with Crippen LogP contribution in [0.4, 0.5) is 5.69 Å². The molecule has 2 bridgehead atoms. The van der Waals surface area contributed by atoms with Crippen molar-refractivity contribution in [2.45, 2.75) is 186 Å². The molecule has 14 nitrogen and oxygen atoms in total. The fourth-order valence-corrected chi connectivity index (χ4v) is 11.2. The number of thiophene rings is 1. The number of nitrogens with zero attached hydrogens (tertiary/aromatic N) is 1. The molecular weight excluding hydrogens is 887 g/mol. The van der Waals surface area contributed by atoms with Gasteiger partial charge in [0.2, 0.25) is 5.79 Å². The lowest BCUT2D eigenvalue weighted by atomic mass is 9.78. The Morgan fingerprint density at radius 1 is 0.926 bits per heavy atom. The zero-order chi connectivity index (χ0) is 49.7. The van der Waals surface area contributed by atoms with Crippen molar-refractivity contribution in [1.82, 2.24) is 4.90 Å². The van der Waals surface area contributed by atoms with Gasteiger partial charge in [0, 0.05) is 55.8 Å². The monoisotopic (exact) mass is 968 g/mol. The molecule has 2 saturated heterocycles. The standard InChI is InChI=1S/C53H81N3O11S/c1-32-14-10-9-11-15-33(2)42(55-40-23-25-68-31-40)30-41-20-17-37(6)53(63,67-41)50(60)51(61)56-24-13-12-16-43(56)52(62)66-45(34(3)27-38-18-21-44(57)46(29-38)64-7)22-19-39(54)28-36(5)48(59)49(65-8)47(58)35(4)26-32/h9-11,14-15,23,25,28,31-32,34-35,37-39,41-46,48-49,55,57,59,63H,12-13,16-22,24,26-27,29-30,54H2,1-8H3/b11-9+,14-10+,33-15+,36-28+/t32-,34-,35-,37?,38+,39+,41?,42+,43+,44-,45+,46-,48-,49+,53-/m1/s1. The molecule has 1 saturated carbocycles. The van der Waals surface area contributed by atoms with Crippen molar-refractivity contribution in [2.24, 2.45) is 35.3 Å². The van der Waals surface area contributed by atoms with Gasteiger partial charge < -0.3 is 50.2 Å². The maximum Gasteiger partial charge on any atom is 0.329 e. The highest BCUT2D eigenvalue weighted by atomic mass is 32.1. The molecule has 1 amide bonds. The van der Waals surface area contributed by atoms with Crippen molar-refractivity contribution in [1.29, 1.82) is 0 Å². The van der Waals surface area contributed by atoms with Gasteiger partial charge in [-0.3, -0.25) is 14.4 Å². The Labute approximate surface area is 408 Å². The number of carbonyl (C=O) groups is 4. The first-order chi connectivity index (χ1) is 32.4. The summed E-state index contributed by atoms with van der Waals surface area (Å²) < 4.78 is 23.9. The van der Waals surface area contributed by atoms with E-state index in [0.717, 1.165) is 17.7 Å². The van der Waals surface area contributed by atoms with Crippen LogP contribution in [0.5, 0.6) is 0 Å². The number of cyclic esters (lactones) is 1. The Hall–Kier alpha value is -3.54. The lowest BCUT2D eigenvalue weighted by Crippen LogP contribution is -2.61. The molecule has 3 fully saturated rings. The molecule has 5 rings (SSSR count). The predicted molar refractivity (Wildman–Crippen MR) is 264 cm³/mol.